The molecule has 0 radical (unpaired) electrons. The van der Waals surface area contributed by atoms with Crippen LogP contribution < -0.4 is 4.74 Å². The number of aromatic nitrogens is 1. The zero-order chi connectivity index (χ0) is 14.6. The number of carboxylic acids is 1. The third-order valence-electron chi connectivity index (χ3n) is 2.48. The summed E-state index contributed by atoms with van der Waals surface area (Å²) in [6.45, 7) is 6.91. The van der Waals surface area contributed by atoms with Gasteiger partial charge in [-0.2, -0.15) is 0 Å². The van der Waals surface area contributed by atoms with E-state index in [4.69, 9.17) is 9.84 Å². The number of ether oxygens (including phenoxy) is 1. The van der Waals surface area contributed by atoms with Crippen molar-refractivity contribution in [2.45, 2.75) is 32.1 Å². The van der Waals surface area contributed by atoms with Crippen LogP contribution in [0, 0.1) is 0 Å². The molecule has 0 fully saturated rings. The zero-order valence-electron chi connectivity index (χ0n) is 11.1. The van der Waals surface area contributed by atoms with Crippen molar-refractivity contribution in [2.75, 3.05) is 6.61 Å². The molecule has 0 bridgehead atoms. The Morgan fingerprint density at radius 1 is 1.47 bits per heavy atom. The van der Waals surface area contributed by atoms with Gasteiger partial charge in [0.05, 0.1) is 12.2 Å². The molecule has 0 spiro atoms. The molecule has 106 valence electrons. The molecule has 1 aromatic heterocycles. The summed E-state index contributed by atoms with van der Waals surface area (Å²) in [4.78, 5) is 14.5. The van der Waals surface area contributed by atoms with Gasteiger partial charge in [-0.1, -0.05) is 19.6 Å². The fraction of sp³-hybridized carbons (Fsp3) is 0.500. The Morgan fingerprint density at radius 3 is 2.58 bits per heavy atom. The van der Waals surface area contributed by atoms with Crippen LogP contribution in [-0.2, 0) is 0 Å². The van der Waals surface area contributed by atoms with Crippen LogP contribution in [-0.4, -0.2) is 30.7 Å². The standard InChI is InChI=1S/C12H17F2NO3Si/c1-19(2,3)5-4-18-10-6-8(11(13)14)9(7-15-10)12(16)17/h6-7,11H,4-5H2,1-3H3,(H,16,17). The average Bonchev–Trinajstić information content (AvgIpc) is 2.26. The second kappa shape index (κ2) is 6.09. The number of hydrogen-bond acceptors (Lipinski definition) is 3. The van der Waals surface area contributed by atoms with Crippen LogP contribution in [0.5, 0.6) is 5.88 Å². The lowest BCUT2D eigenvalue weighted by molar-refractivity contribution is 0.0683. The minimum Gasteiger partial charge on any atom is -0.478 e. The number of pyridine rings is 1. The molecule has 1 heterocycles. The molecule has 0 aromatic carbocycles. The molecular formula is C12H17F2NO3Si. The number of rotatable bonds is 6. The van der Waals surface area contributed by atoms with Crippen molar-refractivity contribution < 1.29 is 23.4 Å². The van der Waals surface area contributed by atoms with Crippen LogP contribution in [0.25, 0.3) is 0 Å². The predicted octanol–water partition coefficient (Wildman–Crippen LogP) is 3.43. The first-order valence-corrected chi connectivity index (χ1v) is 9.55. The summed E-state index contributed by atoms with van der Waals surface area (Å²) in [5.74, 6) is -1.38. The van der Waals surface area contributed by atoms with Crippen LogP contribution in [0.15, 0.2) is 12.3 Å². The fourth-order valence-electron chi connectivity index (χ4n) is 1.35. The number of aromatic carboxylic acids is 1. The molecule has 1 N–H and O–H groups in total. The minimum atomic E-state index is -2.87. The molecule has 0 aliphatic heterocycles. The van der Waals surface area contributed by atoms with Crippen LogP contribution in [0.3, 0.4) is 0 Å². The van der Waals surface area contributed by atoms with E-state index in [2.05, 4.69) is 24.6 Å². The molecule has 7 heteroatoms. The van der Waals surface area contributed by atoms with E-state index in [0.717, 1.165) is 18.3 Å². The van der Waals surface area contributed by atoms with Gasteiger partial charge in [-0.05, 0) is 6.04 Å². The number of halogens is 2. The largest absolute Gasteiger partial charge is 0.478 e. The highest BCUT2D eigenvalue weighted by atomic mass is 28.3. The zero-order valence-corrected chi connectivity index (χ0v) is 12.1. The first-order valence-electron chi connectivity index (χ1n) is 5.85. The van der Waals surface area contributed by atoms with Crippen molar-refractivity contribution in [3.63, 3.8) is 0 Å². The van der Waals surface area contributed by atoms with E-state index in [1.165, 1.54) is 0 Å². The number of alkyl halides is 2. The SMILES string of the molecule is C[Si](C)(C)CCOc1cc(C(F)F)c(C(=O)O)cn1. The van der Waals surface area contributed by atoms with Crippen LogP contribution in [0.1, 0.15) is 22.3 Å². The fourth-order valence-corrected chi connectivity index (χ4v) is 2.07. The summed E-state index contributed by atoms with van der Waals surface area (Å²) in [5, 5.41) is 8.78. The topological polar surface area (TPSA) is 59.4 Å². The van der Waals surface area contributed by atoms with E-state index >= 15 is 0 Å². The van der Waals surface area contributed by atoms with E-state index in [9.17, 15) is 13.6 Å². The first-order chi connectivity index (χ1) is 8.70. The van der Waals surface area contributed by atoms with Gasteiger partial charge in [-0.3, -0.25) is 0 Å². The van der Waals surface area contributed by atoms with Gasteiger partial charge in [0.1, 0.15) is 0 Å². The molecule has 0 amide bonds. The second-order valence-electron chi connectivity index (χ2n) is 5.37. The van der Waals surface area contributed by atoms with E-state index in [1.807, 2.05) is 0 Å². The van der Waals surface area contributed by atoms with Gasteiger partial charge < -0.3 is 9.84 Å². The Bertz CT molecular complexity index is 461. The summed E-state index contributed by atoms with van der Waals surface area (Å²) in [7, 11) is -1.27. The van der Waals surface area contributed by atoms with Gasteiger partial charge in [0, 0.05) is 25.9 Å². The average molecular weight is 289 g/mol. The highest BCUT2D eigenvalue weighted by molar-refractivity contribution is 6.76. The van der Waals surface area contributed by atoms with Crippen molar-refractivity contribution >= 4 is 14.0 Å². The quantitative estimate of drug-likeness (QED) is 0.815. The van der Waals surface area contributed by atoms with Gasteiger partial charge in [0.15, 0.2) is 0 Å². The van der Waals surface area contributed by atoms with E-state index in [0.29, 0.717) is 6.61 Å². The van der Waals surface area contributed by atoms with E-state index in [1.54, 1.807) is 0 Å². The van der Waals surface area contributed by atoms with E-state index < -0.39 is 31.6 Å². The van der Waals surface area contributed by atoms with Crippen molar-refractivity contribution in [3.05, 3.63) is 23.4 Å². The lowest BCUT2D eigenvalue weighted by Crippen LogP contribution is -2.22. The highest BCUT2D eigenvalue weighted by Crippen LogP contribution is 2.25. The summed E-state index contributed by atoms with van der Waals surface area (Å²) >= 11 is 0. The Kier molecular flexibility index (Phi) is 4.99. The van der Waals surface area contributed by atoms with Crippen molar-refractivity contribution in [1.82, 2.24) is 4.98 Å². The Morgan fingerprint density at radius 2 is 2.11 bits per heavy atom. The molecule has 0 saturated heterocycles. The lowest BCUT2D eigenvalue weighted by Gasteiger charge is -2.16. The molecule has 4 nitrogen and oxygen atoms in total. The summed E-state index contributed by atoms with van der Waals surface area (Å²) < 4.78 is 30.8. The molecule has 19 heavy (non-hydrogen) atoms. The van der Waals surface area contributed by atoms with Crippen LogP contribution in [0.4, 0.5) is 8.78 Å². The van der Waals surface area contributed by atoms with Crippen LogP contribution >= 0.6 is 0 Å². The first kappa shape index (κ1) is 15.6. The molecule has 0 aliphatic carbocycles. The number of carbonyl (C=O) groups is 1. The lowest BCUT2D eigenvalue weighted by atomic mass is 10.1. The maximum absolute atomic E-state index is 12.7. The number of nitrogens with zero attached hydrogens (tertiary/aromatic N) is 1. The van der Waals surface area contributed by atoms with Crippen LogP contribution in [0.2, 0.25) is 25.7 Å². The normalized spacial score (nSPS) is 11.7. The molecule has 1 aromatic rings. The Hall–Kier alpha value is -1.50. The maximum atomic E-state index is 12.7. The molecule has 0 unspecified atom stereocenters. The smallest absolute Gasteiger partial charge is 0.337 e. The molecule has 1 rings (SSSR count). The molecule has 0 aliphatic rings. The third kappa shape index (κ3) is 4.94. The van der Waals surface area contributed by atoms with Gasteiger partial charge >= 0.3 is 5.97 Å². The monoisotopic (exact) mass is 289 g/mol. The molecule has 0 saturated carbocycles. The van der Waals surface area contributed by atoms with Gasteiger partial charge in [-0.15, -0.1) is 0 Å². The summed E-state index contributed by atoms with van der Waals surface area (Å²) in [6.07, 6.45) is -1.96. The Balaban J connectivity index is 2.82. The number of carboxylic acid groups (broad SMARTS) is 1. The summed E-state index contributed by atoms with van der Waals surface area (Å²) in [5.41, 5.74) is -1.06. The second-order valence-corrected chi connectivity index (χ2v) is 11.0. The van der Waals surface area contributed by atoms with E-state index in [-0.39, 0.29) is 5.88 Å². The highest BCUT2D eigenvalue weighted by Gasteiger charge is 2.20. The number of hydrogen-bond donors (Lipinski definition) is 1. The van der Waals surface area contributed by atoms with Gasteiger partial charge in [0.25, 0.3) is 6.43 Å². The van der Waals surface area contributed by atoms with Crippen molar-refractivity contribution in [2.24, 2.45) is 0 Å². The summed E-state index contributed by atoms with van der Waals surface area (Å²) in [6, 6.07) is 1.87. The maximum Gasteiger partial charge on any atom is 0.337 e. The molecule has 0 atom stereocenters. The third-order valence-corrected chi connectivity index (χ3v) is 4.18. The van der Waals surface area contributed by atoms with Gasteiger partial charge in [-0.25, -0.2) is 18.6 Å². The Labute approximate surface area is 111 Å². The van der Waals surface area contributed by atoms with Crippen molar-refractivity contribution in [3.8, 4) is 5.88 Å². The van der Waals surface area contributed by atoms with Gasteiger partial charge in [0.2, 0.25) is 5.88 Å². The minimum absolute atomic E-state index is 0.0403. The van der Waals surface area contributed by atoms with Crippen molar-refractivity contribution in [1.29, 1.82) is 0 Å². The predicted molar refractivity (Wildman–Crippen MR) is 69.8 cm³/mol. The molecular weight excluding hydrogens is 272 g/mol.